The Kier molecular flexibility index (Phi) is 6.79. The molecule has 0 spiro atoms. The minimum atomic E-state index is -1.07. The summed E-state index contributed by atoms with van der Waals surface area (Å²) in [4.78, 5) is 43.0. The Morgan fingerprint density at radius 2 is 1.97 bits per heavy atom. The zero-order valence-electron chi connectivity index (χ0n) is 17.8. The molecule has 33 heavy (non-hydrogen) atoms. The number of carboxylic acids is 1. The number of guanidine groups is 1. The molecule has 9 nitrogen and oxygen atoms in total. The van der Waals surface area contributed by atoms with Crippen LogP contribution in [-0.4, -0.2) is 58.3 Å². The van der Waals surface area contributed by atoms with Gasteiger partial charge in [-0.05, 0) is 42.3 Å². The number of aliphatic imine (C=N–C) groups is 1. The van der Waals surface area contributed by atoms with Crippen molar-refractivity contribution in [3.8, 4) is 5.75 Å². The topological polar surface area (TPSA) is 112 Å². The molecule has 2 amide bonds. The summed E-state index contributed by atoms with van der Waals surface area (Å²) in [5, 5.41) is 12.5. The van der Waals surface area contributed by atoms with E-state index in [2.05, 4.69) is 10.3 Å². The number of benzene rings is 2. The molecule has 2 aromatic carbocycles. The number of hydrogen-bond acceptors (Lipinski definition) is 6. The monoisotopic (exact) mass is 470 g/mol. The lowest BCUT2D eigenvalue weighted by atomic mass is 10.1. The van der Waals surface area contributed by atoms with Crippen LogP contribution in [0.2, 0.25) is 5.02 Å². The van der Waals surface area contributed by atoms with Gasteiger partial charge in [0.05, 0.1) is 12.3 Å². The zero-order valence-corrected chi connectivity index (χ0v) is 18.5. The maximum absolute atomic E-state index is 12.6. The van der Waals surface area contributed by atoms with E-state index in [0.29, 0.717) is 36.3 Å². The number of ether oxygens (including phenoxy) is 1. The van der Waals surface area contributed by atoms with Gasteiger partial charge in [0.2, 0.25) is 17.8 Å². The van der Waals surface area contributed by atoms with Gasteiger partial charge < -0.3 is 19.6 Å². The lowest BCUT2D eigenvalue weighted by molar-refractivity contribution is -0.145. The Bertz CT molecular complexity index is 1100. The molecule has 1 saturated heterocycles. The number of hydrogen-bond donors (Lipinski definition) is 2. The van der Waals surface area contributed by atoms with Crippen molar-refractivity contribution in [2.45, 2.75) is 25.9 Å². The molecule has 1 fully saturated rings. The van der Waals surface area contributed by atoms with Crippen molar-refractivity contribution in [3.63, 3.8) is 0 Å². The van der Waals surface area contributed by atoms with Gasteiger partial charge in [-0.15, -0.1) is 0 Å². The fourth-order valence-corrected chi connectivity index (χ4v) is 3.83. The van der Waals surface area contributed by atoms with Gasteiger partial charge in [0, 0.05) is 30.1 Å². The van der Waals surface area contributed by atoms with Gasteiger partial charge in [0.1, 0.15) is 18.8 Å². The molecule has 2 aliphatic rings. The number of carboxylic acid groups (broad SMARTS) is 1. The molecule has 2 heterocycles. The third-order valence-electron chi connectivity index (χ3n) is 5.29. The van der Waals surface area contributed by atoms with Crippen LogP contribution < -0.4 is 10.1 Å². The lowest BCUT2D eigenvalue weighted by Crippen LogP contribution is -2.35. The zero-order chi connectivity index (χ0) is 23.4. The van der Waals surface area contributed by atoms with E-state index in [9.17, 15) is 14.4 Å². The summed E-state index contributed by atoms with van der Waals surface area (Å²) in [6, 6.07) is 12.5. The summed E-state index contributed by atoms with van der Waals surface area (Å²) >= 11 is 5.89. The van der Waals surface area contributed by atoms with Crippen molar-refractivity contribution in [1.82, 2.24) is 15.1 Å². The van der Waals surface area contributed by atoms with Gasteiger partial charge in [0.15, 0.2) is 0 Å². The number of nitrogens with zero attached hydrogens (tertiary/aromatic N) is 3. The standard InChI is InChI=1S/C23H23ClN4O5/c24-17-5-3-15(4-6-17)11-27(14-22(31)32)21(30)2-1-9-33-18-7-8-19-16(10-18)12-28-13-20(29)26-23(28)25-19/h3-8,10H,1-2,9,11-14H2,(H,31,32)(H,25,26,29). The molecule has 0 aliphatic carbocycles. The van der Waals surface area contributed by atoms with E-state index >= 15 is 0 Å². The summed E-state index contributed by atoms with van der Waals surface area (Å²) in [5.41, 5.74) is 2.55. The highest BCUT2D eigenvalue weighted by molar-refractivity contribution is 6.30. The number of aliphatic carboxylic acids is 1. The van der Waals surface area contributed by atoms with E-state index in [4.69, 9.17) is 21.4 Å². The van der Waals surface area contributed by atoms with Gasteiger partial charge in [-0.2, -0.15) is 0 Å². The first-order valence-electron chi connectivity index (χ1n) is 10.5. The van der Waals surface area contributed by atoms with Crippen molar-refractivity contribution in [1.29, 1.82) is 0 Å². The van der Waals surface area contributed by atoms with Gasteiger partial charge in [0.25, 0.3) is 0 Å². The van der Waals surface area contributed by atoms with Crippen molar-refractivity contribution in [2.24, 2.45) is 4.99 Å². The average Bonchev–Trinajstić information content (AvgIpc) is 3.14. The van der Waals surface area contributed by atoms with E-state index in [1.807, 2.05) is 17.0 Å². The number of carbonyl (C=O) groups is 3. The molecule has 0 aromatic heterocycles. The molecule has 0 radical (unpaired) electrons. The summed E-state index contributed by atoms with van der Waals surface area (Å²) in [6.07, 6.45) is 0.612. The Labute approximate surface area is 195 Å². The van der Waals surface area contributed by atoms with Crippen LogP contribution in [0.1, 0.15) is 24.0 Å². The number of carbonyl (C=O) groups excluding carboxylic acids is 2. The SMILES string of the molecule is O=C(O)CN(Cc1ccc(Cl)cc1)C(=O)CCCOc1ccc2c(c1)CN1CC(=O)NC1=N2. The first-order valence-corrected chi connectivity index (χ1v) is 10.9. The third-order valence-corrected chi connectivity index (χ3v) is 5.54. The van der Waals surface area contributed by atoms with Crippen LogP contribution in [0.15, 0.2) is 47.5 Å². The number of rotatable bonds is 9. The van der Waals surface area contributed by atoms with E-state index in [1.165, 1.54) is 4.90 Å². The lowest BCUT2D eigenvalue weighted by Gasteiger charge is -2.23. The highest BCUT2D eigenvalue weighted by atomic mass is 35.5. The van der Waals surface area contributed by atoms with Crippen LogP contribution in [0.4, 0.5) is 5.69 Å². The third kappa shape index (κ3) is 5.81. The second kappa shape index (κ2) is 9.91. The molecular weight excluding hydrogens is 448 g/mol. The average molecular weight is 471 g/mol. The summed E-state index contributed by atoms with van der Waals surface area (Å²) in [6.45, 7) is 0.990. The quantitative estimate of drug-likeness (QED) is 0.545. The number of halogens is 1. The number of nitrogens with one attached hydrogen (secondary N) is 1. The predicted octanol–water partition coefficient (Wildman–Crippen LogP) is 2.55. The molecule has 172 valence electrons. The minimum Gasteiger partial charge on any atom is -0.494 e. The van der Waals surface area contributed by atoms with Crippen LogP contribution in [0.25, 0.3) is 0 Å². The van der Waals surface area contributed by atoms with E-state index in [0.717, 1.165) is 16.8 Å². The van der Waals surface area contributed by atoms with Crippen molar-refractivity contribution >= 4 is 41.0 Å². The summed E-state index contributed by atoms with van der Waals surface area (Å²) in [5.74, 6) is -0.167. The second-order valence-corrected chi connectivity index (χ2v) is 8.29. The van der Waals surface area contributed by atoms with Gasteiger partial charge >= 0.3 is 5.97 Å². The van der Waals surface area contributed by atoms with Crippen molar-refractivity contribution in [3.05, 3.63) is 58.6 Å². The highest BCUT2D eigenvalue weighted by Gasteiger charge is 2.29. The Morgan fingerprint density at radius 1 is 1.18 bits per heavy atom. The summed E-state index contributed by atoms with van der Waals surface area (Å²) < 4.78 is 5.80. The van der Waals surface area contributed by atoms with Crippen LogP contribution in [0.5, 0.6) is 5.75 Å². The molecule has 2 aromatic rings. The Balaban J connectivity index is 1.28. The van der Waals surface area contributed by atoms with Crippen molar-refractivity contribution in [2.75, 3.05) is 19.7 Å². The molecule has 2 aliphatic heterocycles. The fourth-order valence-electron chi connectivity index (χ4n) is 3.71. The van der Waals surface area contributed by atoms with Crippen LogP contribution in [-0.2, 0) is 27.5 Å². The first kappa shape index (κ1) is 22.6. The maximum atomic E-state index is 12.6. The van der Waals surface area contributed by atoms with E-state index in [1.54, 1.807) is 30.3 Å². The predicted molar refractivity (Wildman–Crippen MR) is 121 cm³/mol. The molecule has 10 heteroatoms. The molecule has 0 bridgehead atoms. The maximum Gasteiger partial charge on any atom is 0.323 e. The molecule has 2 N–H and O–H groups in total. The second-order valence-electron chi connectivity index (χ2n) is 7.85. The molecule has 0 atom stereocenters. The molecule has 4 rings (SSSR count). The van der Waals surface area contributed by atoms with Gasteiger partial charge in [-0.25, -0.2) is 4.99 Å². The largest absolute Gasteiger partial charge is 0.494 e. The van der Waals surface area contributed by atoms with Crippen LogP contribution in [0, 0.1) is 0 Å². The first-order chi connectivity index (χ1) is 15.9. The number of fused-ring (bicyclic) bond motifs is 2. The Hall–Kier alpha value is -3.59. The van der Waals surface area contributed by atoms with Crippen molar-refractivity contribution < 1.29 is 24.2 Å². The molecule has 0 saturated carbocycles. The Morgan fingerprint density at radius 3 is 2.73 bits per heavy atom. The van der Waals surface area contributed by atoms with Crippen LogP contribution in [0.3, 0.4) is 0 Å². The highest BCUT2D eigenvalue weighted by Crippen LogP contribution is 2.30. The number of amides is 2. The van der Waals surface area contributed by atoms with E-state index < -0.39 is 5.97 Å². The normalized spacial score (nSPS) is 14.2. The molecular formula is C23H23ClN4O5. The van der Waals surface area contributed by atoms with Gasteiger partial charge in [-0.3, -0.25) is 19.7 Å². The van der Waals surface area contributed by atoms with Gasteiger partial charge in [-0.1, -0.05) is 23.7 Å². The fraction of sp³-hybridized carbons (Fsp3) is 0.304. The van der Waals surface area contributed by atoms with Crippen LogP contribution >= 0.6 is 11.6 Å². The van der Waals surface area contributed by atoms with E-state index in [-0.39, 0.29) is 37.9 Å². The summed E-state index contributed by atoms with van der Waals surface area (Å²) in [7, 11) is 0. The minimum absolute atomic E-state index is 0.0734. The smallest absolute Gasteiger partial charge is 0.323 e. The molecule has 0 unspecified atom stereocenters.